The van der Waals surface area contributed by atoms with Crippen LogP contribution >= 0.6 is 11.6 Å². The molecule has 2 aromatic carbocycles. The van der Waals surface area contributed by atoms with E-state index in [1.165, 1.54) is 0 Å². The van der Waals surface area contributed by atoms with Gasteiger partial charge in [0.2, 0.25) is 0 Å². The molecule has 0 fully saturated rings. The van der Waals surface area contributed by atoms with Crippen molar-refractivity contribution in [2.24, 2.45) is 0 Å². The summed E-state index contributed by atoms with van der Waals surface area (Å²) in [6, 6.07) is 17.8. The van der Waals surface area contributed by atoms with Crippen molar-refractivity contribution in [3.8, 4) is 0 Å². The molecule has 0 nitrogen and oxygen atoms in total. The van der Waals surface area contributed by atoms with Gasteiger partial charge >= 0.3 is 0 Å². The predicted molar refractivity (Wildman–Crippen MR) is 70.3 cm³/mol. The molecule has 0 saturated heterocycles. The van der Waals surface area contributed by atoms with Gasteiger partial charge in [-0.25, -0.2) is 0 Å². The first kappa shape index (κ1) is 10.8. The SMILES string of the molecule is Clc1cccc(C=C=Cc2ccccc2)c1. The van der Waals surface area contributed by atoms with E-state index < -0.39 is 0 Å². The first-order chi connectivity index (χ1) is 7.84. The minimum Gasteiger partial charge on any atom is -0.120 e. The van der Waals surface area contributed by atoms with Crippen LogP contribution < -0.4 is 0 Å². The standard InChI is InChI=1S/C15H11Cl/c16-15-11-5-10-14(12-15)9-4-8-13-6-2-1-3-7-13/h1-3,5-12H. The third-order valence-corrected chi connectivity index (χ3v) is 2.38. The lowest BCUT2D eigenvalue weighted by Crippen LogP contribution is -1.69. The Hall–Kier alpha value is -1.75. The van der Waals surface area contributed by atoms with Crippen LogP contribution in [-0.2, 0) is 0 Å². The van der Waals surface area contributed by atoms with Crippen molar-refractivity contribution >= 4 is 23.8 Å². The first-order valence-electron chi connectivity index (χ1n) is 5.08. The van der Waals surface area contributed by atoms with Gasteiger partial charge in [0.25, 0.3) is 0 Å². The zero-order valence-electron chi connectivity index (χ0n) is 8.73. The molecule has 0 aliphatic heterocycles. The van der Waals surface area contributed by atoms with Gasteiger partial charge in [0, 0.05) is 5.02 Å². The Labute approximate surface area is 101 Å². The van der Waals surface area contributed by atoms with E-state index in [9.17, 15) is 0 Å². The van der Waals surface area contributed by atoms with Gasteiger partial charge in [-0.3, -0.25) is 0 Å². The highest BCUT2D eigenvalue weighted by Gasteiger charge is 1.87. The van der Waals surface area contributed by atoms with E-state index in [-0.39, 0.29) is 0 Å². The molecule has 0 aliphatic carbocycles. The summed E-state index contributed by atoms with van der Waals surface area (Å²) in [5.74, 6) is 0. The van der Waals surface area contributed by atoms with Crippen LogP contribution in [0.15, 0.2) is 60.3 Å². The summed E-state index contributed by atoms with van der Waals surface area (Å²) in [6.45, 7) is 0. The van der Waals surface area contributed by atoms with Crippen molar-refractivity contribution in [1.29, 1.82) is 0 Å². The maximum Gasteiger partial charge on any atom is 0.0412 e. The average molecular weight is 227 g/mol. The van der Waals surface area contributed by atoms with E-state index in [1.54, 1.807) is 0 Å². The summed E-state index contributed by atoms with van der Waals surface area (Å²) in [6.07, 6.45) is 3.86. The summed E-state index contributed by atoms with van der Waals surface area (Å²) >= 11 is 5.88. The Morgan fingerprint density at radius 3 is 2.25 bits per heavy atom. The molecule has 0 atom stereocenters. The fourth-order valence-corrected chi connectivity index (χ4v) is 1.58. The highest BCUT2D eigenvalue weighted by Crippen LogP contribution is 2.11. The molecule has 16 heavy (non-hydrogen) atoms. The topological polar surface area (TPSA) is 0 Å². The molecule has 78 valence electrons. The fourth-order valence-electron chi connectivity index (χ4n) is 1.38. The summed E-state index contributed by atoms with van der Waals surface area (Å²) < 4.78 is 0. The summed E-state index contributed by atoms with van der Waals surface area (Å²) in [4.78, 5) is 0. The molecular formula is C15H11Cl. The third-order valence-electron chi connectivity index (χ3n) is 2.15. The summed E-state index contributed by atoms with van der Waals surface area (Å²) in [7, 11) is 0. The lowest BCUT2D eigenvalue weighted by molar-refractivity contribution is 1.65. The molecule has 2 aromatic rings. The number of benzene rings is 2. The van der Waals surface area contributed by atoms with Crippen molar-refractivity contribution in [1.82, 2.24) is 0 Å². The van der Waals surface area contributed by atoms with Gasteiger partial charge in [-0.2, -0.15) is 0 Å². The number of hydrogen-bond donors (Lipinski definition) is 0. The third kappa shape index (κ3) is 3.13. The van der Waals surface area contributed by atoms with Crippen LogP contribution in [0, 0.1) is 0 Å². The normalized spacial score (nSPS) is 9.31. The van der Waals surface area contributed by atoms with Crippen LogP contribution in [0.2, 0.25) is 5.02 Å². The second-order valence-electron chi connectivity index (χ2n) is 3.42. The molecule has 0 amide bonds. The molecule has 0 radical (unpaired) electrons. The second-order valence-corrected chi connectivity index (χ2v) is 3.86. The number of halogens is 1. The largest absolute Gasteiger partial charge is 0.120 e. The molecule has 0 spiro atoms. The van der Waals surface area contributed by atoms with E-state index in [4.69, 9.17) is 11.6 Å². The van der Waals surface area contributed by atoms with E-state index in [0.29, 0.717) is 0 Å². The zero-order chi connectivity index (χ0) is 11.2. The summed E-state index contributed by atoms with van der Waals surface area (Å²) in [5, 5.41) is 0.746. The molecule has 0 unspecified atom stereocenters. The van der Waals surface area contributed by atoms with Crippen molar-refractivity contribution in [2.75, 3.05) is 0 Å². The Morgan fingerprint density at radius 2 is 1.50 bits per heavy atom. The molecule has 2 rings (SSSR count). The van der Waals surface area contributed by atoms with E-state index in [2.05, 4.69) is 5.73 Å². The Bertz CT molecular complexity index is 520. The van der Waals surface area contributed by atoms with Gasteiger partial charge in [0.05, 0.1) is 0 Å². The lowest BCUT2D eigenvalue weighted by atomic mass is 10.2. The minimum atomic E-state index is 0.746. The Kier molecular flexibility index (Phi) is 3.61. The highest BCUT2D eigenvalue weighted by atomic mass is 35.5. The van der Waals surface area contributed by atoms with Gasteiger partial charge < -0.3 is 0 Å². The highest BCUT2D eigenvalue weighted by molar-refractivity contribution is 6.30. The van der Waals surface area contributed by atoms with Crippen LogP contribution in [0.4, 0.5) is 0 Å². The fraction of sp³-hybridized carbons (Fsp3) is 0. The van der Waals surface area contributed by atoms with Gasteiger partial charge in [0.1, 0.15) is 0 Å². The minimum absolute atomic E-state index is 0.746. The number of hydrogen-bond acceptors (Lipinski definition) is 0. The average Bonchev–Trinajstić information content (AvgIpc) is 2.30. The van der Waals surface area contributed by atoms with Gasteiger partial charge in [0.15, 0.2) is 0 Å². The molecule has 0 N–H and O–H groups in total. The van der Waals surface area contributed by atoms with E-state index in [1.807, 2.05) is 66.7 Å². The zero-order valence-corrected chi connectivity index (χ0v) is 9.48. The first-order valence-corrected chi connectivity index (χ1v) is 5.45. The van der Waals surface area contributed by atoms with E-state index >= 15 is 0 Å². The molecule has 0 aliphatic rings. The smallest absolute Gasteiger partial charge is 0.0412 e. The van der Waals surface area contributed by atoms with Crippen molar-refractivity contribution in [3.63, 3.8) is 0 Å². The maximum atomic E-state index is 5.88. The van der Waals surface area contributed by atoms with Crippen molar-refractivity contribution in [3.05, 3.63) is 76.5 Å². The maximum absolute atomic E-state index is 5.88. The van der Waals surface area contributed by atoms with Gasteiger partial charge in [-0.05, 0) is 35.4 Å². The van der Waals surface area contributed by atoms with E-state index in [0.717, 1.165) is 16.1 Å². The molecule has 0 heterocycles. The molecule has 0 bridgehead atoms. The summed E-state index contributed by atoms with van der Waals surface area (Å²) in [5.41, 5.74) is 5.33. The van der Waals surface area contributed by atoms with Gasteiger partial charge in [-0.1, -0.05) is 54.1 Å². The van der Waals surface area contributed by atoms with Crippen LogP contribution in [-0.4, -0.2) is 0 Å². The van der Waals surface area contributed by atoms with Crippen LogP contribution in [0.3, 0.4) is 0 Å². The van der Waals surface area contributed by atoms with Crippen LogP contribution in [0.1, 0.15) is 11.1 Å². The predicted octanol–water partition coefficient (Wildman–Crippen LogP) is 4.67. The molecular weight excluding hydrogens is 216 g/mol. The van der Waals surface area contributed by atoms with Crippen molar-refractivity contribution in [2.45, 2.75) is 0 Å². The number of rotatable bonds is 2. The van der Waals surface area contributed by atoms with Crippen LogP contribution in [0.25, 0.3) is 12.2 Å². The van der Waals surface area contributed by atoms with Gasteiger partial charge in [-0.15, -0.1) is 5.73 Å². The quantitative estimate of drug-likeness (QED) is 0.653. The monoisotopic (exact) mass is 226 g/mol. The Balaban J connectivity index is 2.19. The molecule has 0 saturated carbocycles. The van der Waals surface area contributed by atoms with Crippen molar-refractivity contribution < 1.29 is 0 Å². The molecule has 1 heteroatoms. The van der Waals surface area contributed by atoms with Crippen LogP contribution in [0.5, 0.6) is 0 Å². The Morgan fingerprint density at radius 1 is 0.812 bits per heavy atom. The molecule has 0 aromatic heterocycles. The second kappa shape index (κ2) is 5.37. The lowest BCUT2D eigenvalue weighted by Gasteiger charge is -1.91.